The van der Waals surface area contributed by atoms with Gasteiger partial charge < -0.3 is 5.11 Å². The van der Waals surface area contributed by atoms with Gasteiger partial charge in [-0.3, -0.25) is 0 Å². The highest BCUT2D eigenvalue weighted by molar-refractivity contribution is 4.89. The highest BCUT2D eigenvalue weighted by Crippen LogP contribution is 2.47. The molecule has 1 aliphatic rings. The summed E-state index contributed by atoms with van der Waals surface area (Å²) in [6.07, 6.45) is 6.25. The smallest absolute Gasteiger partial charge is 0.0487 e. The van der Waals surface area contributed by atoms with Crippen molar-refractivity contribution in [1.82, 2.24) is 0 Å². The van der Waals surface area contributed by atoms with E-state index in [1.54, 1.807) is 0 Å². The summed E-state index contributed by atoms with van der Waals surface area (Å²) < 4.78 is 0. The molecule has 1 saturated carbocycles. The summed E-state index contributed by atoms with van der Waals surface area (Å²) in [5.74, 6) is 1.55. The van der Waals surface area contributed by atoms with Crippen LogP contribution in [-0.2, 0) is 0 Å². The molecule has 1 rings (SSSR count). The Bertz CT molecular complexity index is 204. The molecule has 0 heterocycles. The van der Waals surface area contributed by atoms with E-state index in [2.05, 4.69) is 34.6 Å². The van der Waals surface area contributed by atoms with Crippen molar-refractivity contribution in [2.75, 3.05) is 6.61 Å². The zero-order valence-electron chi connectivity index (χ0n) is 11.8. The molecule has 1 aliphatic carbocycles. The van der Waals surface area contributed by atoms with Gasteiger partial charge in [0.2, 0.25) is 0 Å². The molecule has 1 heteroatoms. The van der Waals surface area contributed by atoms with E-state index >= 15 is 0 Å². The summed E-state index contributed by atoms with van der Waals surface area (Å²) in [6, 6.07) is 0. The molecule has 0 atom stereocenters. The highest BCUT2D eigenvalue weighted by Gasteiger charge is 2.38. The second-order valence-electron chi connectivity index (χ2n) is 7.40. The molecule has 0 saturated heterocycles. The number of hydrogen-bond donors (Lipinski definition) is 1. The van der Waals surface area contributed by atoms with Crippen LogP contribution in [0, 0.1) is 22.7 Å². The minimum absolute atomic E-state index is 0.246. The van der Waals surface area contributed by atoms with Crippen molar-refractivity contribution in [3.63, 3.8) is 0 Å². The topological polar surface area (TPSA) is 20.2 Å². The molecule has 16 heavy (non-hydrogen) atoms. The fourth-order valence-electron chi connectivity index (χ4n) is 3.39. The van der Waals surface area contributed by atoms with Gasteiger partial charge in [0, 0.05) is 6.61 Å². The summed E-state index contributed by atoms with van der Waals surface area (Å²) in [5, 5.41) is 9.68. The Kier molecular flexibility index (Phi) is 4.45. The van der Waals surface area contributed by atoms with E-state index < -0.39 is 0 Å². The van der Waals surface area contributed by atoms with Crippen LogP contribution < -0.4 is 0 Å². The number of hydrogen-bond acceptors (Lipinski definition) is 1. The van der Waals surface area contributed by atoms with Crippen molar-refractivity contribution in [1.29, 1.82) is 0 Å². The molecule has 1 fully saturated rings. The maximum absolute atomic E-state index is 9.68. The van der Waals surface area contributed by atoms with Gasteiger partial charge in [-0.2, -0.15) is 0 Å². The molecule has 0 aromatic rings. The Morgan fingerprint density at radius 1 is 1.19 bits per heavy atom. The maximum Gasteiger partial charge on any atom is 0.0487 e. The van der Waals surface area contributed by atoms with Gasteiger partial charge in [-0.05, 0) is 54.8 Å². The highest BCUT2D eigenvalue weighted by atomic mass is 16.3. The normalized spacial score (nSPS) is 32.1. The van der Waals surface area contributed by atoms with Gasteiger partial charge in [-0.15, -0.1) is 0 Å². The molecule has 0 radical (unpaired) electrons. The third-order valence-electron chi connectivity index (χ3n) is 4.45. The molecule has 0 amide bonds. The summed E-state index contributed by atoms with van der Waals surface area (Å²) in [5.41, 5.74) is 0.690. The van der Waals surface area contributed by atoms with Crippen molar-refractivity contribution >= 4 is 0 Å². The Morgan fingerprint density at radius 3 is 2.00 bits per heavy atom. The molecule has 0 bridgehead atoms. The lowest BCUT2D eigenvalue weighted by molar-refractivity contribution is 0.0215. The number of aliphatic hydroxyl groups is 1. The monoisotopic (exact) mass is 226 g/mol. The van der Waals surface area contributed by atoms with Crippen LogP contribution in [-0.4, -0.2) is 11.7 Å². The van der Waals surface area contributed by atoms with Gasteiger partial charge in [0.15, 0.2) is 0 Å². The molecular formula is C15H30O. The van der Waals surface area contributed by atoms with Crippen LogP contribution in [0.15, 0.2) is 0 Å². The Balaban J connectivity index is 2.57. The SMILES string of the molecule is CC(C)CC1(CO)CCC(C(C)(C)C)CC1. The Labute approximate surface area is 102 Å². The first-order valence-corrected chi connectivity index (χ1v) is 6.90. The molecule has 0 unspecified atom stereocenters. The summed E-state index contributed by atoms with van der Waals surface area (Å²) in [4.78, 5) is 0. The first kappa shape index (κ1) is 14.0. The van der Waals surface area contributed by atoms with Crippen LogP contribution in [0.2, 0.25) is 0 Å². The van der Waals surface area contributed by atoms with Crippen LogP contribution in [0.1, 0.15) is 66.7 Å². The van der Waals surface area contributed by atoms with Crippen LogP contribution in [0.25, 0.3) is 0 Å². The quantitative estimate of drug-likeness (QED) is 0.763. The zero-order valence-corrected chi connectivity index (χ0v) is 11.8. The van der Waals surface area contributed by atoms with E-state index in [0.29, 0.717) is 17.9 Å². The van der Waals surface area contributed by atoms with Crippen molar-refractivity contribution in [3.05, 3.63) is 0 Å². The minimum atomic E-state index is 0.246. The van der Waals surface area contributed by atoms with Crippen molar-refractivity contribution in [3.8, 4) is 0 Å². The molecular weight excluding hydrogens is 196 g/mol. The summed E-state index contributed by atoms with van der Waals surface area (Å²) in [6.45, 7) is 12.0. The Morgan fingerprint density at radius 2 is 1.69 bits per heavy atom. The fourth-order valence-corrected chi connectivity index (χ4v) is 3.39. The van der Waals surface area contributed by atoms with E-state index in [0.717, 1.165) is 5.92 Å². The lowest BCUT2D eigenvalue weighted by Crippen LogP contribution is -2.36. The van der Waals surface area contributed by atoms with E-state index in [9.17, 15) is 5.11 Å². The average molecular weight is 226 g/mol. The fraction of sp³-hybridized carbons (Fsp3) is 1.00. The van der Waals surface area contributed by atoms with Crippen LogP contribution in [0.4, 0.5) is 0 Å². The predicted molar refractivity (Wildman–Crippen MR) is 70.4 cm³/mol. The third kappa shape index (κ3) is 3.48. The second-order valence-corrected chi connectivity index (χ2v) is 7.40. The zero-order chi connectivity index (χ0) is 12.4. The van der Waals surface area contributed by atoms with E-state index in [1.165, 1.54) is 32.1 Å². The molecule has 1 nitrogen and oxygen atoms in total. The third-order valence-corrected chi connectivity index (χ3v) is 4.45. The average Bonchev–Trinajstić information content (AvgIpc) is 2.16. The summed E-state index contributed by atoms with van der Waals surface area (Å²) >= 11 is 0. The largest absolute Gasteiger partial charge is 0.396 e. The van der Waals surface area contributed by atoms with Gasteiger partial charge >= 0.3 is 0 Å². The molecule has 0 aromatic carbocycles. The van der Waals surface area contributed by atoms with Gasteiger partial charge in [-0.25, -0.2) is 0 Å². The van der Waals surface area contributed by atoms with Gasteiger partial charge in [0.05, 0.1) is 0 Å². The standard InChI is InChI=1S/C15H30O/c1-12(2)10-15(11-16)8-6-13(7-9-15)14(3,4)5/h12-13,16H,6-11H2,1-5H3. The van der Waals surface area contributed by atoms with E-state index in [-0.39, 0.29) is 5.41 Å². The molecule has 0 aromatic heterocycles. The van der Waals surface area contributed by atoms with Crippen molar-refractivity contribution in [2.45, 2.75) is 66.7 Å². The molecule has 0 spiro atoms. The Hall–Kier alpha value is -0.0400. The van der Waals surface area contributed by atoms with Gasteiger partial charge in [-0.1, -0.05) is 34.6 Å². The number of aliphatic hydroxyl groups excluding tert-OH is 1. The van der Waals surface area contributed by atoms with E-state index in [1.807, 2.05) is 0 Å². The van der Waals surface area contributed by atoms with Crippen molar-refractivity contribution < 1.29 is 5.11 Å². The lowest BCUT2D eigenvalue weighted by atomic mass is 9.62. The maximum atomic E-state index is 9.68. The second kappa shape index (κ2) is 5.08. The molecule has 96 valence electrons. The lowest BCUT2D eigenvalue weighted by Gasteiger charge is -2.44. The van der Waals surface area contributed by atoms with Crippen molar-refractivity contribution in [2.24, 2.45) is 22.7 Å². The first-order chi connectivity index (χ1) is 7.29. The summed E-state index contributed by atoms with van der Waals surface area (Å²) in [7, 11) is 0. The predicted octanol–water partition coefficient (Wildman–Crippen LogP) is 4.25. The number of rotatable bonds is 3. The van der Waals surface area contributed by atoms with Crippen LogP contribution in [0.5, 0.6) is 0 Å². The molecule has 0 aliphatic heterocycles. The first-order valence-electron chi connectivity index (χ1n) is 6.90. The minimum Gasteiger partial charge on any atom is -0.396 e. The van der Waals surface area contributed by atoms with Gasteiger partial charge in [0.25, 0.3) is 0 Å². The van der Waals surface area contributed by atoms with E-state index in [4.69, 9.17) is 0 Å². The van der Waals surface area contributed by atoms with Crippen LogP contribution in [0.3, 0.4) is 0 Å². The molecule has 1 N–H and O–H groups in total. The van der Waals surface area contributed by atoms with Gasteiger partial charge in [0.1, 0.15) is 0 Å². The van der Waals surface area contributed by atoms with Crippen LogP contribution >= 0.6 is 0 Å².